The Bertz CT molecular complexity index is 495. The first kappa shape index (κ1) is 14.1. The fraction of sp³-hybridized carbons (Fsp3) is 0.357. The van der Waals surface area contributed by atoms with Crippen LogP contribution in [0, 0.1) is 0 Å². The number of nitrogens with one attached hydrogen (secondary N) is 1. The molecule has 1 unspecified atom stereocenters. The molecular formula is C14H16F2N2S. The lowest BCUT2D eigenvalue weighted by Crippen LogP contribution is -2.28. The summed E-state index contributed by atoms with van der Waals surface area (Å²) in [6.07, 6.45) is -0.673. The third-order valence-electron chi connectivity index (χ3n) is 2.72. The largest absolute Gasteiger partial charge is 0.302 e. The lowest BCUT2D eigenvalue weighted by molar-refractivity contribution is 0.151. The Morgan fingerprint density at radius 3 is 2.21 bits per heavy atom. The number of thiazole rings is 1. The Morgan fingerprint density at radius 2 is 1.74 bits per heavy atom. The van der Waals surface area contributed by atoms with Gasteiger partial charge in [-0.2, -0.15) is 0 Å². The van der Waals surface area contributed by atoms with Crippen molar-refractivity contribution in [3.05, 3.63) is 52.0 Å². The first-order valence-corrected chi connectivity index (χ1v) is 6.99. The third-order valence-corrected chi connectivity index (χ3v) is 3.56. The normalized spacial score (nSPS) is 13.2. The zero-order valence-corrected chi connectivity index (χ0v) is 11.6. The Morgan fingerprint density at radius 1 is 1.11 bits per heavy atom. The van der Waals surface area contributed by atoms with Gasteiger partial charge in [-0.3, -0.25) is 0 Å². The lowest BCUT2D eigenvalue weighted by Gasteiger charge is -2.20. The van der Waals surface area contributed by atoms with Gasteiger partial charge in [0.15, 0.2) is 0 Å². The van der Waals surface area contributed by atoms with Gasteiger partial charge >= 0.3 is 0 Å². The van der Waals surface area contributed by atoms with Gasteiger partial charge in [0.25, 0.3) is 6.43 Å². The minimum atomic E-state index is -2.43. The van der Waals surface area contributed by atoms with Crippen LogP contribution >= 0.6 is 11.3 Å². The summed E-state index contributed by atoms with van der Waals surface area (Å²) in [4.78, 5) is 4.31. The first-order chi connectivity index (χ1) is 9.08. The summed E-state index contributed by atoms with van der Waals surface area (Å²) >= 11 is 1.56. The summed E-state index contributed by atoms with van der Waals surface area (Å²) in [6.45, 7) is 4.10. The van der Waals surface area contributed by atoms with Crippen molar-refractivity contribution in [1.82, 2.24) is 10.3 Å². The molecule has 0 aliphatic heterocycles. The molecule has 2 aromatic rings. The van der Waals surface area contributed by atoms with Crippen LogP contribution in [0.15, 0.2) is 35.8 Å². The van der Waals surface area contributed by atoms with Crippen LogP contribution in [0.4, 0.5) is 8.78 Å². The predicted octanol–water partition coefficient (Wildman–Crippen LogP) is 4.17. The van der Waals surface area contributed by atoms with Crippen LogP contribution in [0.3, 0.4) is 0 Å². The van der Waals surface area contributed by atoms with Crippen molar-refractivity contribution in [2.24, 2.45) is 0 Å². The van der Waals surface area contributed by atoms with E-state index in [1.165, 1.54) is 12.1 Å². The van der Waals surface area contributed by atoms with Crippen molar-refractivity contribution in [2.75, 3.05) is 0 Å². The van der Waals surface area contributed by atoms with Gasteiger partial charge in [-0.05, 0) is 19.4 Å². The minimum Gasteiger partial charge on any atom is -0.302 e. The summed E-state index contributed by atoms with van der Waals surface area (Å²) in [5.74, 6) is 0. The van der Waals surface area contributed by atoms with Crippen LogP contribution in [0.25, 0.3) is 0 Å². The molecule has 0 aliphatic carbocycles. The van der Waals surface area contributed by atoms with E-state index in [0.29, 0.717) is 0 Å². The monoisotopic (exact) mass is 282 g/mol. The molecule has 0 spiro atoms. The highest BCUT2D eigenvalue weighted by molar-refractivity contribution is 7.09. The van der Waals surface area contributed by atoms with Gasteiger partial charge in [0.1, 0.15) is 5.01 Å². The van der Waals surface area contributed by atoms with E-state index in [4.69, 9.17) is 0 Å². The molecule has 0 saturated carbocycles. The van der Waals surface area contributed by atoms with E-state index in [1.54, 1.807) is 29.7 Å². The Kier molecular flexibility index (Phi) is 4.61. The maximum atomic E-state index is 12.6. The molecule has 5 heteroatoms. The maximum Gasteiger partial charge on any atom is 0.263 e. The molecule has 0 fully saturated rings. The van der Waals surface area contributed by atoms with Crippen molar-refractivity contribution in [3.63, 3.8) is 0 Å². The van der Waals surface area contributed by atoms with Crippen molar-refractivity contribution in [2.45, 2.75) is 32.4 Å². The van der Waals surface area contributed by atoms with E-state index in [1.807, 2.05) is 19.2 Å². The standard InChI is InChI=1S/C14H16F2N2S/c1-9(2)18-12(14-17-7-8-19-14)10-3-5-11(6-4-10)13(15)16/h3-9,12-13,18H,1-2H3. The molecule has 0 aliphatic rings. The third kappa shape index (κ3) is 3.58. The van der Waals surface area contributed by atoms with Gasteiger partial charge in [0, 0.05) is 23.2 Å². The minimum absolute atomic E-state index is 0.0474. The first-order valence-electron chi connectivity index (χ1n) is 6.11. The molecule has 0 amide bonds. The van der Waals surface area contributed by atoms with E-state index < -0.39 is 6.43 Å². The van der Waals surface area contributed by atoms with E-state index in [0.717, 1.165) is 10.6 Å². The fourth-order valence-electron chi connectivity index (χ4n) is 1.85. The van der Waals surface area contributed by atoms with Gasteiger partial charge in [0.2, 0.25) is 0 Å². The topological polar surface area (TPSA) is 24.9 Å². The maximum absolute atomic E-state index is 12.6. The number of hydrogen-bond acceptors (Lipinski definition) is 3. The fourth-order valence-corrected chi connectivity index (χ4v) is 2.58. The molecule has 1 N–H and O–H groups in total. The van der Waals surface area contributed by atoms with Gasteiger partial charge in [-0.15, -0.1) is 11.3 Å². The molecule has 0 radical (unpaired) electrons. The molecule has 0 bridgehead atoms. The van der Waals surface area contributed by atoms with Crippen LogP contribution < -0.4 is 5.32 Å². The predicted molar refractivity (Wildman–Crippen MR) is 73.6 cm³/mol. The molecular weight excluding hydrogens is 266 g/mol. The molecule has 1 aromatic carbocycles. The molecule has 2 rings (SSSR count). The van der Waals surface area contributed by atoms with Crippen LogP contribution in [0.5, 0.6) is 0 Å². The van der Waals surface area contributed by atoms with Crippen molar-refractivity contribution in [3.8, 4) is 0 Å². The molecule has 1 atom stereocenters. The van der Waals surface area contributed by atoms with E-state index in [2.05, 4.69) is 10.3 Å². The summed E-state index contributed by atoms with van der Waals surface area (Å²) < 4.78 is 25.1. The lowest BCUT2D eigenvalue weighted by atomic mass is 10.0. The second-order valence-electron chi connectivity index (χ2n) is 4.59. The number of aromatic nitrogens is 1. The Balaban J connectivity index is 2.28. The number of benzene rings is 1. The smallest absolute Gasteiger partial charge is 0.263 e. The summed E-state index contributed by atoms with van der Waals surface area (Å²) in [6, 6.07) is 6.66. The van der Waals surface area contributed by atoms with Crippen molar-refractivity contribution in [1.29, 1.82) is 0 Å². The quantitative estimate of drug-likeness (QED) is 0.890. The second kappa shape index (κ2) is 6.21. The van der Waals surface area contributed by atoms with Crippen LogP contribution in [0.1, 0.15) is 42.4 Å². The molecule has 1 heterocycles. The van der Waals surface area contributed by atoms with Gasteiger partial charge in [0.05, 0.1) is 6.04 Å². The number of rotatable bonds is 5. The van der Waals surface area contributed by atoms with Crippen molar-refractivity contribution >= 4 is 11.3 Å². The number of alkyl halides is 2. The van der Waals surface area contributed by atoms with E-state index in [-0.39, 0.29) is 17.6 Å². The molecule has 2 nitrogen and oxygen atoms in total. The summed E-state index contributed by atoms with van der Waals surface area (Å²) in [5, 5.41) is 6.27. The zero-order valence-electron chi connectivity index (χ0n) is 10.8. The molecule has 1 aromatic heterocycles. The van der Waals surface area contributed by atoms with Gasteiger partial charge < -0.3 is 5.32 Å². The summed E-state index contributed by atoms with van der Waals surface area (Å²) in [5.41, 5.74) is 0.999. The second-order valence-corrected chi connectivity index (χ2v) is 5.52. The number of hydrogen-bond donors (Lipinski definition) is 1. The zero-order chi connectivity index (χ0) is 13.8. The molecule has 19 heavy (non-hydrogen) atoms. The van der Waals surface area contributed by atoms with Gasteiger partial charge in [-0.1, -0.05) is 24.3 Å². The highest BCUT2D eigenvalue weighted by Gasteiger charge is 2.18. The van der Waals surface area contributed by atoms with Crippen LogP contribution in [-0.2, 0) is 0 Å². The molecule has 102 valence electrons. The van der Waals surface area contributed by atoms with E-state index in [9.17, 15) is 8.78 Å². The van der Waals surface area contributed by atoms with E-state index >= 15 is 0 Å². The van der Waals surface area contributed by atoms with Crippen LogP contribution in [-0.4, -0.2) is 11.0 Å². The number of nitrogens with zero attached hydrogens (tertiary/aromatic N) is 1. The average Bonchev–Trinajstić information content (AvgIpc) is 2.89. The van der Waals surface area contributed by atoms with Gasteiger partial charge in [-0.25, -0.2) is 13.8 Å². The van der Waals surface area contributed by atoms with Crippen LogP contribution in [0.2, 0.25) is 0 Å². The Hall–Kier alpha value is -1.33. The highest BCUT2D eigenvalue weighted by Crippen LogP contribution is 2.26. The SMILES string of the molecule is CC(C)NC(c1ccc(C(F)F)cc1)c1nccs1. The summed E-state index contributed by atoms with van der Waals surface area (Å²) in [7, 11) is 0. The van der Waals surface area contributed by atoms with Crippen molar-refractivity contribution < 1.29 is 8.78 Å². The average molecular weight is 282 g/mol. The highest BCUT2D eigenvalue weighted by atomic mass is 32.1. The molecule has 0 saturated heterocycles. The Labute approximate surface area is 115 Å². The number of halogens is 2.